The Balaban J connectivity index is 2.86. The number of nitrogens with two attached hydrogens (primary N) is 1. The first-order valence-corrected chi connectivity index (χ1v) is 4.99. The summed E-state index contributed by atoms with van der Waals surface area (Å²) in [5.41, 5.74) is 2.12. The standard InChI is InChI=1S/C8H7BrClN3O2/c9-6-4(10)2-1-3-5(6)12-7(14)8(15)13-11/h1-3H,11H2,(H,12,14)(H,13,15). The van der Waals surface area contributed by atoms with Crippen LogP contribution in [0.2, 0.25) is 5.02 Å². The van der Waals surface area contributed by atoms with Gasteiger partial charge in [-0.1, -0.05) is 17.7 Å². The van der Waals surface area contributed by atoms with Crippen LogP contribution in [0.25, 0.3) is 0 Å². The summed E-state index contributed by atoms with van der Waals surface area (Å²) >= 11 is 8.96. The van der Waals surface area contributed by atoms with Gasteiger partial charge in [0.25, 0.3) is 0 Å². The molecule has 7 heteroatoms. The Bertz CT molecular complexity index is 411. The number of hydrazine groups is 1. The van der Waals surface area contributed by atoms with E-state index in [-0.39, 0.29) is 0 Å². The Kier molecular flexibility index (Phi) is 4.07. The van der Waals surface area contributed by atoms with Crippen molar-refractivity contribution in [2.24, 2.45) is 5.84 Å². The van der Waals surface area contributed by atoms with E-state index < -0.39 is 11.8 Å². The third kappa shape index (κ3) is 2.92. The van der Waals surface area contributed by atoms with E-state index >= 15 is 0 Å². The Labute approximate surface area is 99.1 Å². The molecule has 0 aromatic heterocycles. The van der Waals surface area contributed by atoms with Gasteiger partial charge in [-0.15, -0.1) is 0 Å². The Morgan fingerprint density at radius 3 is 2.60 bits per heavy atom. The molecule has 5 nitrogen and oxygen atoms in total. The highest BCUT2D eigenvalue weighted by molar-refractivity contribution is 9.10. The van der Waals surface area contributed by atoms with Crippen molar-refractivity contribution in [1.29, 1.82) is 0 Å². The number of carbonyl (C=O) groups excluding carboxylic acids is 2. The van der Waals surface area contributed by atoms with E-state index in [4.69, 9.17) is 17.4 Å². The van der Waals surface area contributed by atoms with Gasteiger partial charge in [-0.25, -0.2) is 5.84 Å². The Morgan fingerprint density at radius 1 is 1.33 bits per heavy atom. The molecule has 0 fully saturated rings. The number of hydrogen-bond acceptors (Lipinski definition) is 3. The molecule has 1 aromatic carbocycles. The minimum absolute atomic E-state index is 0.399. The van der Waals surface area contributed by atoms with Gasteiger partial charge in [0.2, 0.25) is 0 Å². The maximum Gasteiger partial charge on any atom is 0.323 e. The first-order valence-electron chi connectivity index (χ1n) is 3.82. The molecule has 2 amide bonds. The molecule has 0 aliphatic heterocycles. The molecular formula is C8H7BrClN3O2. The average molecular weight is 293 g/mol. The van der Waals surface area contributed by atoms with Crippen LogP contribution >= 0.6 is 27.5 Å². The molecule has 15 heavy (non-hydrogen) atoms. The minimum Gasteiger partial charge on any atom is -0.317 e. The van der Waals surface area contributed by atoms with Gasteiger partial charge in [-0.05, 0) is 28.1 Å². The monoisotopic (exact) mass is 291 g/mol. The van der Waals surface area contributed by atoms with Crippen molar-refractivity contribution in [3.8, 4) is 0 Å². The largest absolute Gasteiger partial charge is 0.323 e. The SMILES string of the molecule is NNC(=O)C(=O)Nc1cccc(Cl)c1Br. The van der Waals surface area contributed by atoms with Crippen LogP contribution in [0.5, 0.6) is 0 Å². The van der Waals surface area contributed by atoms with Crippen LogP contribution in [0.4, 0.5) is 5.69 Å². The number of carbonyl (C=O) groups is 2. The second-order valence-electron chi connectivity index (χ2n) is 2.53. The summed E-state index contributed by atoms with van der Waals surface area (Å²) in [4.78, 5) is 22.0. The molecule has 80 valence electrons. The third-order valence-electron chi connectivity index (χ3n) is 1.54. The number of hydrogen-bond donors (Lipinski definition) is 3. The van der Waals surface area contributed by atoms with Crippen LogP contribution in [0.3, 0.4) is 0 Å². The van der Waals surface area contributed by atoms with Gasteiger partial charge in [0.05, 0.1) is 15.2 Å². The Morgan fingerprint density at radius 2 is 2.00 bits per heavy atom. The van der Waals surface area contributed by atoms with Gasteiger partial charge >= 0.3 is 11.8 Å². The van der Waals surface area contributed by atoms with Gasteiger partial charge in [0, 0.05) is 0 Å². The lowest BCUT2D eigenvalue weighted by atomic mass is 10.3. The predicted octanol–water partition coefficient (Wildman–Crippen LogP) is 1.03. The molecule has 0 saturated heterocycles. The van der Waals surface area contributed by atoms with Crippen LogP contribution in [-0.4, -0.2) is 11.8 Å². The van der Waals surface area contributed by atoms with Gasteiger partial charge < -0.3 is 5.32 Å². The molecule has 1 aromatic rings. The zero-order chi connectivity index (χ0) is 11.4. The predicted molar refractivity (Wildman–Crippen MR) is 60.1 cm³/mol. The van der Waals surface area contributed by atoms with E-state index in [1.165, 1.54) is 0 Å². The number of nitrogens with one attached hydrogen (secondary N) is 2. The highest BCUT2D eigenvalue weighted by Crippen LogP contribution is 2.29. The molecule has 0 unspecified atom stereocenters. The van der Waals surface area contributed by atoms with Crippen molar-refractivity contribution in [3.05, 3.63) is 27.7 Å². The van der Waals surface area contributed by atoms with E-state index in [0.717, 1.165) is 0 Å². The smallest absolute Gasteiger partial charge is 0.317 e. The van der Waals surface area contributed by atoms with Crippen molar-refractivity contribution < 1.29 is 9.59 Å². The summed E-state index contributed by atoms with van der Waals surface area (Å²) in [6.45, 7) is 0. The second-order valence-corrected chi connectivity index (χ2v) is 3.73. The molecule has 0 bridgehead atoms. The lowest BCUT2D eigenvalue weighted by molar-refractivity contribution is -0.136. The highest BCUT2D eigenvalue weighted by atomic mass is 79.9. The normalized spacial score (nSPS) is 9.53. The zero-order valence-electron chi connectivity index (χ0n) is 7.38. The molecule has 0 atom stereocenters. The number of amides is 2. The van der Waals surface area contributed by atoms with Crippen molar-refractivity contribution in [3.63, 3.8) is 0 Å². The topological polar surface area (TPSA) is 84.2 Å². The van der Waals surface area contributed by atoms with E-state index in [2.05, 4.69) is 21.2 Å². The molecule has 0 heterocycles. The molecule has 0 saturated carbocycles. The lowest BCUT2D eigenvalue weighted by Crippen LogP contribution is -2.39. The molecular weight excluding hydrogens is 285 g/mol. The fourth-order valence-electron chi connectivity index (χ4n) is 0.845. The van der Waals surface area contributed by atoms with Crippen LogP contribution in [-0.2, 0) is 9.59 Å². The lowest BCUT2D eigenvalue weighted by Gasteiger charge is -2.06. The first kappa shape index (κ1) is 12.0. The average Bonchev–Trinajstić information content (AvgIpc) is 2.23. The number of anilines is 1. The van der Waals surface area contributed by atoms with E-state index in [1.807, 2.05) is 0 Å². The van der Waals surface area contributed by atoms with E-state index in [9.17, 15) is 9.59 Å². The molecule has 4 N–H and O–H groups in total. The summed E-state index contributed by atoms with van der Waals surface area (Å²) in [7, 11) is 0. The summed E-state index contributed by atoms with van der Waals surface area (Å²) in [5.74, 6) is 3.01. The molecule has 0 aliphatic carbocycles. The van der Waals surface area contributed by atoms with Crippen molar-refractivity contribution in [1.82, 2.24) is 5.43 Å². The number of halogens is 2. The fourth-order valence-corrected chi connectivity index (χ4v) is 1.38. The maximum atomic E-state index is 11.1. The quantitative estimate of drug-likeness (QED) is 0.313. The summed E-state index contributed by atoms with van der Waals surface area (Å²) in [6, 6.07) is 4.88. The van der Waals surface area contributed by atoms with Gasteiger partial charge in [0.15, 0.2) is 0 Å². The van der Waals surface area contributed by atoms with Gasteiger partial charge in [-0.3, -0.25) is 15.0 Å². The molecule has 0 radical (unpaired) electrons. The van der Waals surface area contributed by atoms with Crippen LogP contribution in [0.1, 0.15) is 0 Å². The first-order chi connectivity index (χ1) is 7.06. The zero-order valence-corrected chi connectivity index (χ0v) is 9.72. The van der Waals surface area contributed by atoms with Crippen molar-refractivity contribution >= 4 is 45.0 Å². The van der Waals surface area contributed by atoms with Gasteiger partial charge in [0.1, 0.15) is 0 Å². The van der Waals surface area contributed by atoms with E-state index in [0.29, 0.717) is 15.2 Å². The minimum atomic E-state index is -0.929. The van der Waals surface area contributed by atoms with Crippen LogP contribution in [0.15, 0.2) is 22.7 Å². The fraction of sp³-hybridized carbons (Fsp3) is 0. The van der Waals surface area contributed by atoms with Crippen LogP contribution in [0, 0.1) is 0 Å². The highest BCUT2D eigenvalue weighted by Gasteiger charge is 2.13. The molecule has 1 rings (SSSR count). The summed E-state index contributed by atoms with van der Waals surface area (Å²) in [5, 5.41) is 2.77. The van der Waals surface area contributed by atoms with Gasteiger partial charge in [-0.2, -0.15) is 0 Å². The number of benzene rings is 1. The third-order valence-corrected chi connectivity index (χ3v) is 2.93. The molecule has 0 spiro atoms. The van der Waals surface area contributed by atoms with Crippen molar-refractivity contribution in [2.45, 2.75) is 0 Å². The van der Waals surface area contributed by atoms with Crippen molar-refractivity contribution in [2.75, 3.05) is 5.32 Å². The number of rotatable bonds is 1. The maximum absolute atomic E-state index is 11.1. The Hall–Kier alpha value is -1.11. The summed E-state index contributed by atoms with van der Waals surface area (Å²) < 4.78 is 0.504. The van der Waals surface area contributed by atoms with Crippen LogP contribution < -0.4 is 16.6 Å². The van der Waals surface area contributed by atoms with E-state index in [1.54, 1.807) is 23.6 Å². The summed E-state index contributed by atoms with van der Waals surface area (Å²) in [6.07, 6.45) is 0. The second kappa shape index (κ2) is 5.11. The molecule has 0 aliphatic rings.